The van der Waals surface area contributed by atoms with E-state index in [4.69, 9.17) is 20.4 Å². The van der Waals surface area contributed by atoms with E-state index >= 15 is 0 Å². The van der Waals surface area contributed by atoms with E-state index in [1.54, 1.807) is 0 Å². The molecule has 1 aliphatic rings. The third-order valence-electron chi connectivity index (χ3n) is 3.75. The van der Waals surface area contributed by atoms with E-state index in [9.17, 15) is 19.2 Å². The molecule has 2 atom stereocenters. The van der Waals surface area contributed by atoms with Crippen LogP contribution in [-0.4, -0.2) is 66.2 Å². The third kappa shape index (κ3) is 2.98. The summed E-state index contributed by atoms with van der Waals surface area (Å²) in [5.41, 5.74) is -1.66. The minimum atomic E-state index is -1.77. The second kappa shape index (κ2) is 5.85. The van der Waals surface area contributed by atoms with Gasteiger partial charge in [0.25, 0.3) is 0 Å². The summed E-state index contributed by atoms with van der Waals surface area (Å²) in [6.07, 6.45) is -6.02. The molecule has 0 aromatic heterocycles. The highest BCUT2D eigenvalue weighted by Gasteiger charge is 2.52. The molecule has 0 aliphatic heterocycles. The Morgan fingerprint density at radius 2 is 1.38 bits per heavy atom. The molecule has 4 N–H and O–H groups in total. The first kappa shape index (κ1) is 16.5. The normalized spacial score (nSPS) is 24.9. The zero-order valence-corrected chi connectivity index (χ0v) is 11.2. The van der Waals surface area contributed by atoms with Crippen LogP contribution in [0, 0.1) is 0 Å². The molecule has 21 heavy (non-hydrogen) atoms. The second-order valence-corrected chi connectivity index (χ2v) is 4.95. The average Bonchev–Trinajstić information content (AvgIpc) is 2.29. The molecule has 0 heterocycles. The number of rotatable bonds is 2. The smallest absolute Gasteiger partial charge is 0.417 e. The molecule has 10 nitrogen and oxygen atoms in total. The Morgan fingerprint density at radius 1 is 0.905 bits per heavy atom. The van der Waals surface area contributed by atoms with Crippen molar-refractivity contribution < 1.29 is 39.6 Å². The first-order valence-electron chi connectivity index (χ1n) is 6.14. The van der Waals surface area contributed by atoms with Crippen LogP contribution >= 0.6 is 0 Å². The Hall–Kier alpha value is -2.52. The zero-order valence-electron chi connectivity index (χ0n) is 11.2. The molecule has 0 aromatic rings. The van der Waals surface area contributed by atoms with E-state index in [0.29, 0.717) is 12.8 Å². The molecule has 0 unspecified atom stereocenters. The van der Waals surface area contributed by atoms with Crippen molar-refractivity contribution in [3.63, 3.8) is 0 Å². The fraction of sp³-hybridized carbons (Fsp3) is 0.636. The van der Waals surface area contributed by atoms with Gasteiger partial charge in [0.2, 0.25) is 0 Å². The van der Waals surface area contributed by atoms with Crippen molar-refractivity contribution in [2.45, 2.75) is 44.2 Å². The van der Waals surface area contributed by atoms with Gasteiger partial charge >= 0.3 is 24.4 Å². The van der Waals surface area contributed by atoms with Crippen molar-refractivity contribution in [2.75, 3.05) is 0 Å². The molecule has 0 aromatic carbocycles. The number of hydrogen-bond acceptors (Lipinski definition) is 4. The summed E-state index contributed by atoms with van der Waals surface area (Å²) in [5, 5.41) is 36.2. The van der Waals surface area contributed by atoms with E-state index in [2.05, 4.69) is 0 Å². The summed E-state index contributed by atoms with van der Waals surface area (Å²) < 4.78 is 0. The maximum absolute atomic E-state index is 11.2. The molecular formula is C11H16N2O8. The zero-order chi connectivity index (χ0) is 16.4. The van der Waals surface area contributed by atoms with E-state index < -0.39 is 36.0 Å². The molecule has 4 amide bonds. The predicted octanol–water partition coefficient (Wildman–Crippen LogP) is 2.00. The predicted molar refractivity (Wildman–Crippen MR) is 66.4 cm³/mol. The third-order valence-corrected chi connectivity index (χ3v) is 3.75. The molecule has 0 saturated heterocycles. The van der Waals surface area contributed by atoms with Crippen LogP contribution in [0.1, 0.15) is 32.6 Å². The second-order valence-electron chi connectivity index (χ2n) is 4.95. The molecule has 1 saturated carbocycles. The maximum Gasteiger partial charge on any atom is 0.417 e. The van der Waals surface area contributed by atoms with Gasteiger partial charge in [-0.25, -0.2) is 29.0 Å². The standard InChI is InChI=1S/C11H16N2O8/c1-11(13(9(18)19)10(20)21)5-3-2-4-6(11)12(7(14)15)8(16)17/h6H,2-5H2,1H3,(H,14,15)(H,16,17)(H,18,19)(H,20,21)/t6-,11-/m1/s1. The van der Waals surface area contributed by atoms with Crippen molar-refractivity contribution in [2.24, 2.45) is 0 Å². The lowest BCUT2D eigenvalue weighted by Crippen LogP contribution is -2.66. The van der Waals surface area contributed by atoms with Crippen molar-refractivity contribution >= 4 is 24.4 Å². The summed E-state index contributed by atoms with van der Waals surface area (Å²) >= 11 is 0. The molecule has 10 heteroatoms. The van der Waals surface area contributed by atoms with E-state index in [0.717, 1.165) is 0 Å². The lowest BCUT2D eigenvalue weighted by Gasteiger charge is -2.47. The van der Waals surface area contributed by atoms with Crippen LogP contribution in [0.2, 0.25) is 0 Å². The summed E-state index contributed by atoms with van der Waals surface area (Å²) in [4.78, 5) is 44.8. The monoisotopic (exact) mass is 304 g/mol. The van der Waals surface area contributed by atoms with Crippen molar-refractivity contribution in [3.05, 3.63) is 0 Å². The number of imide groups is 2. The number of hydrogen-bond donors (Lipinski definition) is 4. The highest BCUT2D eigenvalue weighted by Crippen LogP contribution is 2.37. The van der Waals surface area contributed by atoms with Gasteiger partial charge in [-0.1, -0.05) is 12.8 Å². The Kier molecular flexibility index (Phi) is 4.61. The Morgan fingerprint density at radius 3 is 1.76 bits per heavy atom. The topological polar surface area (TPSA) is 156 Å². The van der Waals surface area contributed by atoms with Gasteiger partial charge in [-0.2, -0.15) is 0 Å². The molecule has 0 radical (unpaired) electrons. The number of carbonyl (C=O) groups is 4. The highest BCUT2D eigenvalue weighted by molar-refractivity contribution is 5.89. The van der Waals surface area contributed by atoms with Gasteiger partial charge in [-0.05, 0) is 19.8 Å². The Bertz CT molecular complexity index is 451. The Labute approximate surface area is 119 Å². The molecule has 0 bridgehead atoms. The van der Waals surface area contributed by atoms with Crippen molar-refractivity contribution in [1.82, 2.24) is 9.80 Å². The summed E-state index contributed by atoms with van der Waals surface area (Å²) in [6, 6.07) is -1.28. The molecule has 1 fully saturated rings. The average molecular weight is 304 g/mol. The van der Waals surface area contributed by atoms with Crippen LogP contribution in [0.5, 0.6) is 0 Å². The fourth-order valence-electron chi connectivity index (χ4n) is 2.83. The van der Waals surface area contributed by atoms with Crippen molar-refractivity contribution in [3.8, 4) is 0 Å². The lowest BCUT2D eigenvalue weighted by molar-refractivity contribution is 0.00297. The van der Waals surface area contributed by atoms with E-state index in [-0.39, 0.29) is 22.6 Å². The lowest BCUT2D eigenvalue weighted by atomic mass is 9.77. The van der Waals surface area contributed by atoms with E-state index in [1.165, 1.54) is 6.92 Å². The number of nitrogens with zero attached hydrogens (tertiary/aromatic N) is 2. The van der Waals surface area contributed by atoms with Crippen LogP contribution in [0.25, 0.3) is 0 Å². The van der Waals surface area contributed by atoms with Gasteiger partial charge in [0.05, 0.1) is 11.6 Å². The molecule has 1 aliphatic carbocycles. The highest BCUT2D eigenvalue weighted by atomic mass is 16.4. The molecule has 118 valence electrons. The van der Waals surface area contributed by atoms with Crippen LogP contribution in [0.3, 0.4) is 0 Å². The van der Waals surface area contributed by atoms with Crippen LogP contribution in [-0.2, 0) is 0 Å². The van der Waals surface area contributed by atoms with Gasteiger partial charge in [-0.3, -0.25) is 0 Å². The van der Waals surface area contributed by atoms with E-state index in [1.807, 2.05) is 0 Å². The van der Waals surface area contributed by atoms with Crippen LogP contribution in [0.15, 0.2) is 0 Å². The maximum atomic E-state index is 11.2. The minimum Gasteiger partial charge on any atom is -0.465 e. The van der Waals surface area contributed by atoms with Crippen molar-refractivity contribution in [1.29, 1.82) is 0 Å². The van der Waals surface area contributed by atoms with Gasteiger partial charge in [0, 0.05) is 0 Å². The van der Waals surface area contributed by atoms with Crippen LogP contribution < -0.4 is 0 Å². The largest absolute Gasteiger partial charge is 0.465 e. The van der Waals surface area contributed by atoms with Gasteiger partial charge in [0.1, 0.15) is 0 Å². The molecule has 0 spiro atoms. The summed E-state index contributed by atoms with van der Waals surface area (Å²) in [7, 11) is 0. The summed E-state index contributed by atoms with van der Waals surface area (Å²) in [5.74, 6) is 0. The minimum absolute atomic E-state index is 0.0489. The molecule has 1 rings (SSSR count). The Balaban J connectivity index is 3.32. The SMILES string of the molecule is C[C@@]1(N(C(=O)O)C(=O)O)CCCC[C@H]1N(C(=O)O)C(=O)O. The number of amides is 4. The number of carboxylic acid groups (broad SMARTS) is 4. The molecular weight excluding hydrogens is 288 g/mol. The van der Waals surface area contributed by atoms with Gasteiger partial charge < -0.3 is 20.4 Å². The summed E-state index contributed by atoms with van der Waals surface area (Å²) in [6.45, 7) is 1.25. The first-order valence-corrected chi connectivity index (χ1v) is 6.14. The van der Waals surface area contributed by atoms with Crippen LogP contribution in [0.4, 0.5) is 19.2 Å². The first-order chi connectivity index (χ1) is 9.62. The van der Waals surface area contributed by atoms with Gasteiger partial charge in [-0.15, -0.1) is 0 Å². The van der Waals surface area contributed by atoms with Gasteiger partial charge in [0.15, 0.2) is 0 Å². The fourth-order valence-corrected chi connectivity index (χ4v) is 2.83. The quantitative estimate of drug-likeness (QED) is 0.603.